The normalized spacial score (nSPS) is 13.2. The summed E-state index contributed by atoms with van der Waals surface area (Å²) in [5.41, 5.74) is 0. The summed E-state index contributed by atoms with van der Waals surface area (Å²) in [6, 6.07) is -0.797. The molecule has 0 aromatic heterocycles. The second-order valence-electron chi connectivity index (χ2n) is 23.4. The summed E-state index contributed by atoms with van der Waals surface area (Å²) < 4.78 is 0. The smallest absolute Gasteiger partial charge is 0.249 e. The lowest BCUT2D eigenvalue weighted by Gasteiger charge is -2.21. The van der Waals surface area contributed by atoms with Crippen LogP contribution in [0.4, 0.5) is 0 Å². The monoisotopic (exact) mass is 1030 g/mol. The van der Waals surface area contributed by atoms with Crippen LogP contribution < -0.4 is 5.32 Å². The Balaban J connectivity index is 3.49. The summed E-state index contributed by atoms with van der Waals surface area (Å²) in [7, 11) is 0. The van der Waals surface area contributed by atoms with Crippen LogP contribution in [0.1, 0.15) is 380 Å². The summed E-state index contributed by atoms with van der Waals surface area (Å²) in [4.78, 5) is 12.6. The van der Waals surface area contributed by atoms with Crippen molar-refractivity contribution in [3.63, 3.8) is 0 Å². The number of amides is 1. The van der Waals surface area contributed by atoms with Crippen LogP contribution in [0.3, 0.4) is 0 Å². The first kappa shape index (κ1) is 71.8. The number of carbonyl (C=O) groups is 1. The van der Waals surface area contributed by atoms with Gasteiger partial charge in [-0.15, -0.1) is 0 Å². The molecule has 4 N–H and O–H groups in total. The maximum atomic E-state index is 12.6. The van der Waals surface area contributed by atoms with Crippen molar-refractivity contribution in [3.05, 3.63) is 24.3 Å². The second-order valence-corrected chi connectivity index (χ2v) is 23.4. The first-order valence-corrected chi connectivity index (χ1v) is 33.7. The summed E-state index contributed by atoms with van der Waals surface area (Å²) in [6.07, 6.45) is 83.1. The highest BCUT2D eigenvalue weighted by atomic mass is 16.3. The van der Waals surface area contributed by atoms with Crippen molar-refractivity contribution in [2.45, 2.75) is 398 Å². The number of carbonyl (C=O) groups excluding carboxylic acids is 1. The van der Waals surface area contributed by atoms with Crippen LogP contribution in [-0.4, -0.2) is 46.1 Å². The Morgan fingerprint density at radius 2 is 0.548 bits per heavy atom. The van der Waals surface area contributed by atoms with Crippen LogP contribution in [0.25, 0.3) is 0 Å². The number of aliphatic hydroxyl groups is 3. The zero-order chi connectivity index (χ0) is 52.9. The number of hydrogen-bond donors (Lipinski definition) is 4. The zero-order valence-corrected chi connectivity index (χ0v) is 49.8. The topological polar surface area (TPSA) is 89.8 Å². The highest BCUT2D eigenvalue weighted by Gasteiger charge is 2.22. The molecule has 434 valence electrons. The van der Waals surface area contributed by atoms with Crippen LogP contribution in [0, 0.1) is 0 Å². The lowest BCUT2D eigenvalue weighted by Crippen LogP contribution is -2.48. The fourth-order valence-electron chi connectivity index (χ4n) is 10.8. The number of unbranched alkanes of at least 4 members (excludes halogenated alkanes) is 53. The molecule has 0 aromatic carbocycles. The molecule has 0 radical (unpaired) electrons. The molecule has 1 amide bonds. The van der Waals surface area contributed by atoms with Gasteiger partial charge in [0.05, 0.1) is 18.8 Å². The Labute approximate surface area is 458 Å². The fraction of sp³-hybridized carbons (Fsp3) is 0.926. The number of aliphatic hydroxyl groups excluding tert-OH is 3. The molecule has 0 saturated heterocycles. The van der Waals surface area contributed by atoms with Crippen molar-refractivity contribution in [2.75, 3.05) is 6.61 Å². The lowest BCUT2D eigenvalue weighted by atomic mass is 10.0. The second kappa shape index (κ2) is 63.4. The molecular formula is C68H133NO4. The van der Waals surface area contributed by atoms with Gasteiger partial charge in [-0.3, -0.25) is 4.79 Å². The summed E-state index contributed by atoms with van der Waals surface area (Å²) in [5, 5.41) is 33.5. The fourth-order valence-corrected chi connectivity index (χ4v) is 10.8. The van der Waals surface area contributed by atoms with Crippen molar-refractivity contribution in [2.24, 2.45) is 0 Å². The van der Waals surface area contributed by atoms with Crippen molar-refractivity contribution in [3.8, 4) is 0 Å². The summed E-state index contributed by atoms with van der Waals surface area (Å²) in [5.74, 6) is -0.495. The first-order chi connectivity index (χ1) is 36.1. The molecule has 0 saturated carbocycles. The molecule has 0 aliphatic heterocycles. The third-order valence-corrected chi connectivity index (χ3v) is 16.0. The summed E-state index contributed by atoms with van der Waals surface area (Å²) >= 11 is 0. The lowest BCUT2D eigenvalue weighted by molar-refractivity contribution is -0.131. The minimum atomic E-state index is -1.10. The molecule has 5 nitrogen and oxygen atoms in total. The van der Waals surface area contributed by atoms with E-state index in [0.717, 1.165) is 32.1 Å². The molecular weight excluding hydrogens is 895 g/mol. The maximum absolute atomic E-state index is 12.6. The van der Waals surface area contributed by atoms with Crippen molar-refractivity contribution < 1.29 is 20.1 Å². The van der Waals surface area contributed by atoms with Gasteiger partial charge in [0, 0.05) is 0 Å². The minimum absolute atomic E-state index is 0.360. The zero-order valence-electron chi connectivity index (χ0n) is 49.8. The van der Waals surface area contributed by atoms with Crippen LogP contribution in [-0.2, 0) is 4.79 Å². The molecule has 3 atom stereocenters. The molecule has 5 heteroatoms. The highest BCUT2D eigenvalue weighted by Crippen LogP contribution is 2.19. The highest BCUT2D eigenvalue weighted by molar-refractivity contribution is 5.80. The van der Waals surface area contributed by atoms with E-state index in [1.807, 2.05) is 6.08 Å². The van der Waals surface area contributed by atoms with Crippen LogP contribution >= 0.6 is 0 Å². The van der Waals surface area contributed by atoms with E-state index < -0.39 is 24.2 Å². The average Bonchev–Trinajstić information content (AvgIpc) is 3.40. The van der Waals surface area contributed by atoms with Gasteiger partial charge in [-0.2, -0.15) is 0 Å². The van der Waals surface area contributed by atoms with E-state index in [9.17, 15) is 20.1 Å². The van der Waals surface area contributed by atoms with Gasteiger partial charge >= 0.3 is 0 Å². The van der Waals surface area contributed by atoms with Gasteiger partial charge in [0.1, 0.15) is 6.10 Å². The minimum Gasteiger partial charge on any atom is -0.394 e. The summed E-state index contributed by atoms with van der Waals surface area (Å²) in [6.45, 7) is 4.24. The van der Waals surface area contributed by atoms with E-state index in [2.05, 4.69) is 31.3 Å². The molecule has 0 bridgehead atoms. The van der Waals surface area contributed by atoms with Crippen LogP contribution in [0.15, 0.2) is 24.3 Å². The molecule has 0 heterocycles. The molecule has 73 heavy (non-hydrogen) atoms. The Morgan fingerprint density at radius 1 is 0.329 bits per heavy atom. The SMILES string of the molecule is CCCCCCCCCCCCCCCC/C=C\CCCCCCCCCCCCCCCCCCC(O)C(=O)NC(CO)C(O)/C=C/CCCCCCCCCCCCCCCCCCCCCCCCC. The van der Waals surface area contributed by atoms with E-state index in [0.29, 0.717) is 6.42 Å². The van der Waals surface area contributed by atoms with E-state index in [4.69, 9.17) is 0 Å². The molecule has 0 aliphatic rings. The third kappa shape index (κ3) is 58.4. The average molecular weight is 1030 g/mol. The van der Waals surface area contributed by atoms with Gasteiger partial charge in [0.2, 0.25) is 5.91 Å². The molecule has 0 aromatic rings. The number of hydrogen-bond acceptors (Lipinski definition) is 4. The molecule has 0 aliphatic carbocycles. The van der Waals surface area contributed by atoms with E-state index in [1.54, 1.807) is 6.08 Å². The number of allylic oxidation sites excluding steroid dienone is 3. The molecule has 3 unspecified atom stereocenters. The largest absolute Gasteiger partial charge is 0.394 e. The van der Waals surface area contributed by atoms with Crippen molar-refractivity contribution in [1.29, 1.82) is 0 Å². The maximum Gasteiger partial charge on any atom is 0.249 e. The predicted octanol–water partition coefficient (Wildman–Crippen LogP) is 21.6. The van der Waals surface area contributed by atoms with Gasteiger partial charge in [0.15, 0.2) is 0 Å². The van der Waals surface area contributed by atoms with E-state index in [-0.39, 0.29) is 6.61 Å². The van der Waals surface area contributed by atoms with E-state index >= 15 is 0 Å². The van der Waals surface area contributed by atoms with Crippen molar-refractivity contribution in [1.82, 2.24) is 5.32 Å². The first-order valence-electron chi connectivity index (χ1n) is 33.7. The number of nitrogens with one attached hydrogen (secondary N) is 1. The Kier molecular flexibility index (Phi) is 62.3. The van der Waals surface area contributed by atoms with E-state index in [1.165, 1.54) is 327 Å². The predicted molar refractivity (Wildman–Crippen MR) is 324 cm³/mol. The molecule has 0 spiro atoms. The quantitative estimate of drug-likeness (QED) is 0.0361. The Hall–Kier alpha value is -1.17. The third-order valence-electron chi connectivity index (χ3n) is 16.0. The van der Waals surface area contributed by atoms with Gasteiger partial charge in [-0.05, 0) is 44.9 Å². The van der Waals surface area contributed by atoms with Crippen LogP contribution in [0.2, 0.25) is 0 Å². The standard InChI is InChI=1S/C68H133NO4/c1-3-5-7-9-11-13-15-17-19-21-23-25-27-29-30-31-32-33-34-35-36-37-39-41-43-45-47-49-51-53-55-57-59-61-63-67(72)68(73)69-65(64-70)66(71)62-60-58-56-54-52-50-48-46-44-42-40-38-28-26-24-22-20-18-16-14-12-10-8-6-4-2/h31-32,60,62,65-67,70-72H,3-30,33-59,61,63-64H2,1-2H3,(H,69,73)/b32-31-,62-60+. The Bertz CT molecular complexity index is 1090. The molecule has 0 fully saturated rings. The van der Waals surface area contributed by atoms with Crippen molar-refractivity contribution >= 4 is 5.91 Å². The van der Waals surface area contributed by atoms with Gasteiger partial charge in [-0.1, -0.05) is 359 Å². The van der Waals surface area contributed by atoms with Gasteiger partial charge < -0.3 is 20.6 Å². The van der Waals surface area contributed by atoms with Crippen LogP contribution in [0.5, 0.6) is 0 Å². The van der Waals surface area contributed by atoms with Gasteiger partial charge in [-0.25, -0.2) is 0 Å². The molecule has 0 rings (SSSR count). The Morgan fingerprint density at radius 3 is 0.795 bits per heavy atom. The van der Waals surface area contributed by atoms with Gasteiger partial charge in [0.25, 0.3) is 0 Å². The number of rotatable bonds is 63.